The molecule has 0 spiro atoms. The number of hydrogen-bond donors (Lipinski definition) is 1. The summed E-state index contributed by atoms with van der Waals surface area (Å²) in [7, 11) is -3.87. The van der Waals surface area contributed by atoms with Gasteiger partial charge in [0.15, 0.2) is 0 Å². The van der Waals surface area contributed by atoms with Gasteiger partial charge in [-0.3, -0.25) is 0 Å². The molecule has 1 fully saturated rings. The largest absolute Gasteiger partial charge is 0.416 e. The third-order valence-corrected chi connectivity index (χ3v) is 4.99. The first-order valence-corrected chi connectivity index (χ1v) is 7.64. The van der Waals surface area contributed by atoms with Crippen molar-refractivity contribution in [3.8, 4) is 0 Å². The van der Waals surface area contributed by atoms with Crippen LogP contribution in [-0.4, -0.2) is 38.9 Å². The van der Waals surface area contributed by atoms with Crippen molar-refractivity contribution in [2.75, 3.05) is 26.2 Å². The number of rotatable bonds is 2. The molecular weight excluding hydrogens is 293 g/mol. The van der Waals surface area contributed by atoms with Gasteiger partial charge in [-0.1, -0.05) is 6.07 Å². The van der Waals surface area contributed by atoms with Crippen LogP contribution in [-0.2, 0) is 16.2 Å². The summed E-state index contributed by atoms with van der Waals surface area (Å²) in [6.07, 6.45) is -3.91. The van der Waals surface area contributed by atoms with Crippen LogP contribution in [0.15, 0.2) is 29.2 Å². The number of nitrogens with one attached hydrogen (secondary N) is 1. The van der Waals surface area contributed by atoms with Crippen LogP contribution in [0.25, 0.3) is 0 Å². The molecular formula is C12H15F3N2O2S. The van der Waals surface area contributed by atoms with Gasteiger partial charge in [-0.2, -0.15) is 17.5 Å². The van der Waals surface area contributed by atoms with Gasteiger partial charge < -0.3 is 5.32 Å². The molecule has 1 heterocycles. The van der Waals surface area contributed by atoms with E-state index >= 15 is 0 Å². The highest BCUT2D eigenvalue weighted by Gasteiger charge is 2.33. The van der Waals surface area contributed by atoms with Crippen molar-refractivity contribution in [1.29, 1.82) is 0 Å². The van der Waals surface area contributed by atoms with Gasteiger partial charge in [0.1, 0.15) is 0 Å². The average molecular weight is 308 g/mol. The van der Waals surface area contributed by atoms with Crippen molar-refractivity contribution in [3.05, 3.63) is 29.8 Å². The molecule has 112 valence electrons. The van der Waals surface area contributed by atoms with E-state index in [0.717, 1.165) is 12.1 Å². The Kier molecular flexibility index (Phi) is 4.36. The van der Waals surface area contributed by atoms with Crippen LogP contribution in [0.2, 0.25) is 0 Å². The molecule has 0 aliphatic carbocycles. The van der Waals surface area contributed by atoms with E-state index < -0.39 is 21.8 Å². The fourth-order valence-electron chi connectivity index (χ4n) is 2.04. The Balaban J connectivity index is 2.34. The molecule has 0 aromatic heterocycles. The molecule has 4 nitrogen and oxygen atoms in total. The summed E-state index contributed by atoms with van der Waals surface area (Å²) < 4.78 is 63.9. The van der Waals surface area contributed by atoms with E-state index in [0.29, 0.717) is 32.1 Å². The maximum atomic E-state index is 12.6. The van der Waals surface area contributed by atoms with Crippen LogP contribution in [0.4, 0.5) is 13.2 Å². The second-order valence-corrected chi connectivity index (χ2v) is 6.47. The van der Waals surface area contributed by atoms with Crippen LogP contribution in [0.3, 0.4) is 0 Å². The number of alkyl halides is 3. The van der Waals surface area contributed by atoms with Crippen LogP contribution in [0, 0.1) is 0 Å². The number of nitrogens with zero attached hydrogens (tertiary/aromatic N) is 1. The first-order valence-electron chi connectivity index (χ1n) is 6.20. The molecule has 0 atom stereocenters. The molecule has 1 aliphatic rings. The predicted molar refractivity (Wildman–Crippen MR) is 67.7 cm³/mol. The second kappa shape index (κ2) is 5.71. The van der Waals surface area contributed by atoms with Crippen molar-refractivity contribution in [1.82, 2.24) is 9.62 Å². The van der Waals surface area contributed by atoms with Gasteiger partial charge in [0.25, 0.3) is 0 Å². The molecule has 20 heavy (non-hydrogen) atoms. The second-order valence-electron chi connectivity index (χ2n) is 4.53. The maximum absolute atomic E-state index is 12.6. The fraction of sp³-hybridized carbons (Fsp3) is 0.500. The molecule has 8 heteroatoms. The number of sulfonamides is 1. The van der Waals surface area contributed by atoms with Gasteiger partial charge >= 0.3 is 6.18 Å². The SMILES string of the molecule is O=S(=O)(c1cccc(C(F)(F)F)c1)N1CCCNCC1. The van der Waals surface area contributed by atoms with E-state index in [-0.39, 0.29) is 11.4 Å². The Hall–Kier alpha value is -1.12. The van der Waals surface area contributed by atoms with Crippen molar-refractivity contribution in [2.24, 2.45) is 0 Å². The molecule has 1 aromatic carbocycles. The van der Waals surface area contributed by atoms with Gasteiger partial charge in [0.2, 0.25) is 10.0 Å². The maximum Gasteiger partial charge on any atom is 0.416 e. The molecule has 0 unspecified atom stereocenters. The zero-order valence-electron chi connectivity index (χ0n) is 10.7. The molecule has 0 amide bonds. The van der Waals surface area contributed by atoms with Crippen molar-refractivity contribution >= 4 is 10.0 Å². The molecule has 0 bridgehead atoms. The third-order valence-electron chi connectivity index (χ3n) is 3.10. The van der Waals surface area contributed by atoms with Crippen LogP contribution >= 0.6 is 0 Å². The minimum Gasteiger partial charge on any atom is -0.315 e. The molecule has 0 saturated carbocycles. The number of hydrogen-bond acceptors (Lipinski definition) is 3. The van der Waals surface area contributed by atoms with Crippen molar-refractivity contribution in [3.63, 3.8) is 0 Å². The standard InChI is InChI=1S/C12H15F3N2O2S/c13-12(14,15)10-3-1-4-11(9-10)20(18,19)17-7-2-5-16-6-8-17/h1,3-4,9,16H,2,5-8H2. The lowest BCUT2D eigenvalue weighted by atomic mass is 10.2. The van der Waals surface area contributed by atoms with Gasteiger partial charge in [-0.05, 0) is 31.2 Å². The summed E-state index contributed by atoms with van der Waals surface area (Å²) in [5.41, 5.74) is -0.952. The molecule has 2 rings (SSSR count). The zero-order chi connectivity index (χ0) is 14.8. The van der Waals surface area contributed by atoms with E-state index in [9.17, 15) is 21.6 Å². The lowest BCUT2D eigenvalue weighted by molar-refractivity contribution is -0.137. The molecule has 0 radical (unpaired) electrons. The first-order chi connectivity index (χ1) is 9.32. The summed E-state index contributed by atoms with van der Waals surface area (Å²) in [4.78, 5) is -0.311. The monoisotopic (exact) mass is 308 g/mol. The number of benzene rings is 1. The Labute approximate surface area is 115 Å². The van der Waals surface area contributed by atoms with E-state index in [1.165, 1.54) is 10.4 Å². The highest BCUT2D eigenvalue weighted by Crippen LogP contribution is 2.31. The summed E-state index contributed by atoms with van der Waals surface area (Å²) in [5, 5.41) is 3.05. The Morgan fingerprint density at radius 1 is 1.15 bits per heavy atom. The van der Waals surface area contributed by atoms with Crippen LogP contribution in [0.5, 0.6) is 0 Å². The van der Waals surface area contributed by atoms with E-state index in [1.807, 2.05) is 0 Å². The Bertz CT molecular complexity index is 564. The van der Waals surface area contributed by atoms with Crippen LogP contribution < -0.4 is 5.32 Å². The topological polar surface area (TPSA) is 49.4 Å². The third kappa shape index (κ3) is 3.31. The van der Waals surface area contributed by atoms with E-state index in [4.69, 9.17) is 0 Å². The van der Waals surface area contributed by atoms with Gasteiger partial charge in [-0.15, -0.1) is 0 Å². The Morgan fingerprint density at radius 3 is 2.60 bits per heavy atom. The highest BCUT2D eigenvalue weighted by atomic mass is 32.2. The van der Waals surface area contributed by atoms with Crippen molar-refractivity contribution < 1.29 is 21.6 Å². The fourth-order valence-corrected chi connectivity index (χ4v) is 3.57. The van der Waals surface area contributed by atoms with Crippen LogP contribution in [0.1, 0.15) is 12.0 Å². The minimum atomic E-state index is -4.55. The van der Waals surface area contributed by atoms with Gasteiger partial charge in [0, 0.05) is 19.6 Å². The quantitative estimate of drug-likeness (QED) is 0.904. The van der Waals surface area contributed by atoms with Gasteiger partial charge in [-0.25, -0.2) is 8.42 Å². The normalized spacial score (nSPS) is 18.8. The first kappa shape index (κ1) is 15.3. The molecule has 1 N–H and O–H groups in total. The summed E-state index contributed by atoms with van der Waals surface area (Å²) in [6, 6.07) is 3.87. The molecule has 1 aliphatic heterocycles. The summed E-state index contributed by atoms with van der Waals surface area (Å²) in [6.45, 7) is 1.77. The predicted octanol–water partition coefficient (Wildman–Crippen LogP) is 1.69. The van der Waals surface area contributed by atoms with E-state index in [2.05, 4.69) is 5.32 Å². The lowest BCUT2D eigenvalue weighted by Crippen LogP contribution is -2.34. The van der Waals surface area contributed by atoms with Gasteiger partial charge in [0.05, 0.1) is 10.5 Å². The lowest BCUT2D eigenvalue weighted by Gasteiger charge is -2.20. The minimum absolute atomic E-state index is 0.262. The number of halogens is 3. The molecule has 1 aromatic rings. The summed E-state index contributed by atoms with van der Waals surface area (Å²) in [5.74, 6) is 0. The Morgan fingerprint density at radius 2 is 1.90 bits per heavy atom. The van der Waals surface area contributed by atoms with E-state index in [1.54, 1.807) is 0 Å². The van der Waals surface area contributed by atoms with Crippen molar-refractivity contribution in [2.45, 2.75) is 17.5 Å². The summed E-state index contributed by atoms with van der Waals surface area (Å²) >= 11 is 0. The average Bonchev–Trinajstić information content (AvgIpc) is 2.67. The molecule has 1 saturated heterocycles. The zero-order valence-corrected chi connectivity index (χ0v) is 11.5. The smallest absolute Gasteiger partial charge is 0.315 e. The highest BCUT2D eigenvalue weighted by molar-refractivity contribution is 7.89.